The van der Waals surface area contributed by atoms with Crippen molar-refractivity contribution in [3.05, 3.63) is 83.9 Å². The number of rotatable bonds is 6. The summed E-state index contributed by atoms with van der Waals surface area (Å²) in [6, 6.07) is 14.0. The molecule has 2 amide bonds. The first-order valence-electron chi connectivity index (χ1n) is 12.8. The highest BCUT2D eigenvalue weighted by atomic mass is 32.2. The first kappa shape index (κ1) is 28.8. The molecule has 45 heavy (non-hydrogen) atoms. The number of benzene rings is 4. The third-order valence-electron chi connectivity index (χ3n) is 6.92. The van der Waals surface area contributed by atoms with Crippen LogP contribution in [-0.2, 0) is 9.84 Å². The van der Waals surface area contributed by atoms with Crippen LogP contribution in [0.4, 0.5) is 11.4 Å². The zero-order valence-corrected chi connectivity index (χ0v) is 23.3. The van der Waals surface area contributed by atoms with E-state index in [1.54, 1.807) is 0 Å². The van der Waals surface area contributed by atoms with Crippen molar-refractivity contribution >= 4 is 54.6 Å². The van der Waals surface area contributed by atoms with E-state index in [9.17, 15) is 48.6 Å². The van der Waals surface area contributed by atoms with Crippen molar-refractivity contribution in [2.45, 2.75) is 9.79 Å². The number of carbonyl (C=O) groups is 2. The lowest BCUT2D eigenvalue weighted by Gasteiger charge is -2.13. The van der Waals surface area contributed by atoms with Gasteiger partial charge < -0.3 is 50.1 Å². The molecule has 4 aromatic carbocycles. The summed E-state index contributed by atoms with van der Waals surface area (Å²) in [5, 5.41) is 65.0. The Hall–Kier alpha value is -6.35. The van der Waals surface area contributed by atoms with E-state index >= 15 is 0 Å². The fourth-order valence-corrected chi connectivity index (χ4v) is 5.90. The number of carbonyl (C=O) groups excluding carboxylic acids is 2. The first-order valence-corrected chi connectivity index (χ1v) is 14.2. The summed E-state index contributed by atoms with van der Waals surface area (Å²) in [4.78, 5) is 25.1. The van der Waals surface area contributed by atoms with Gasteiger partial charge >= 0.3 is 0 Å². The predicted octanol–water partition coefficient (Wildman–Crippen LogP) is 4.75. The van der Waals surface area contributed by atoms with Gasteiger partial charge in [-0.1, -0.05) is 0 Å². The molecule has 0 saturated heterocycles. The van der Waals surface area contributed by atoms with Gasteiger partial charge in [0.25, 0.3) is 35.6 Å². The number of sulfone groups is 1. The molecule has 6 rings (SSSR count). The standard InChI is InChI=1S/C30H20N2O12S/c33-23-7-3-15(11-21(23)31-25(35)13-1-5-17-19(9-13)29(39)43-27(17)37)45(41,42)16-4-8-24(34)22(12-16)32-26(36)14-2-6-18-20(10-14)30(40)44-28(18)38/h1-12,33-34,37-40H,(H,31,35)(H,32,36). The van der Waals surface area contributed by atoms with Crippen LogP contribution in [0.2, 0.25) is 0 Å². The van der Waals surface area contributed by atoms with Gasteiger partial charge in [0, 0.05) is 11.1 Å². The minimum atomic E-state index is -4.35. The minimum absolute atomic E-state index is 0.0101. The highest BCUT2D eigenvalue weighted by molar-refractivity contribution is 7.91. The molecule has 0 atom stereocenters. The van der Waals surface area contributed by atoms with Crippen molar-refractivity contribution < 1.29 is 57.5 Å². The fourth-order valence-electron chi connectivity index (χ4n) is 4.59. The Balaban J connectivity index is 1.26. The Kier molecular flexibility index (Phi) is 6.66. The second-order valence-corrected chi connectivity index (χ2v) is 11.7. The molecule has 15 heteroatoms. The lowest BCUT2D eigenvalue weighted by Crippen LogP contribution is -2.13. The summed E-state index contributed by atoms with van der Waals surface area (Å²) in [5.74, 6) is -4.80. The Morgan fingerprint density at radius 3 is 1.29 bits per heavy atom. The molecule has 0 aliphatic rings. The molecule has 0 unspecified atom stereocenters. The second-order valence-electron chi connectivity index (χ2n) is 9.72. The minimum Gasteiger partial charge on any atom is -0.506 e. The number of anilines is 2. The molecule has 0 aliphatic heterocycles. The zero-order valence-electron chi connectivity index (χ0n) is 22.5. The molecule has 2 heterocycles. The molecule has 0 aliphatic carbocycles. The smallest absolute Gasteiger partial charge is 0.293 e. The summed E-state index contributed by atoms with van der Waals surface area (Å²) >= 11 is 0. The van der Waals surface area contributed by atoms with Gasteiger partial charge in [0.2, 0.25) is 9.84 Å². The van der Waals surface area contributed by atoms with Gasteiger partial charge in [-0.15, -0.1) is 0 Å². The van der Waals surface area contributed by atoms with Crippen LogP contribution >= 0.6 is 0 Å². The van der Waals surface area contributed by atoms with Crippen LogP contribution in [0.3, 0.4) is 0 Å². The third kappa shape index (κ3) is 5.02. The topological polar surface area (TPSA) is 240 Å². The average molecular weight is 633 g/mol. The van der Waals surface area contributed by atoms with E-state index in [1.165, 1.54) is 36.4 Å². The second kappa shape index (κ2) is 10.4. The van der Waals surface area contributed by atoms with Gasteiger partial charge in [0.05, 0.1) is 42.7 Å². The summed E-state index contributed by atoms with van der Waals surface area (Å²) in [7, 11) is -4.35. The Labute approximate surface area is 251 Å². The van der Waals surface area contributed by atoms with Crippen LogP contribution in [-0.4, -0.2) is 50.9 Å². The number of phenolic OH excluding ortho intramolecular Hbond substituents is 2. The van der Waals surface area contributed by atoms with E-state index < -0.39 is 56.9 Å². The van der Waals surface area contributed by atoms with E-state index in [2.05, 4.69) is 10.6 Å². The molecule has 0 bridgehead atoms. The zero-order chi connectivity index (χ0) is 32.2. The molecule has 0 spiro atoms. The number of furan rings is 2. The quantitative estimate of drug-likeness (QED) is 0.116. The maximum absolute atomic E-state index is 13.5. The van der Waals surface area contributed by atoms with Crippen molar-refractivity contribution in [3.63, 3.8) is 0 Å². The molecule has 2 aromatic heterocycles. The Bertz CT molecular complexity index is 2150. The summed E-state index contributed by atoms with van der Waals surface area (Å²) in [6.07, 6.45) is 0. The van der Waals surface area contributed by atoms with E-state index in [1.807, 2.05) is 0 Å². The normalized spacial score (nSPS) is 11.6. The van der Waals surface area contributed by atoms with Gasteiger partial charge in [0.15, 0.2) is 0 Å². The SMILES string of the molecule is O=C(Nc1cc(S(=O)(=O)c2ccc(O)c(NC(=O)c3ccc4c(O)oc(O)c4c3)c2)ccc1O)c1ccc2c(O)oc(O)c2c1. The van der Waals surface area contributed by atoms with E-state index in [4.69, 9.17) is 8.83 Å². The molecule has 14 nitrogen and oxygen atoms in total. The molecular formula is C30H20N2O12S. The van der Waals surface area contributed by atoms with E-state index in [0.29, 0.717) is 0 Å². The van der Waals surface area contributed by atoms with Crippen molar-refractivity contribution in [3.8, 4) is 35.3 Å². The Morgan fingerprint density at radius 2 is 0.889 bits per heavy atom. The van der Waals surface area contributed by atoms with Gasteiger partial charge in [-0.3, -0.25) is 9.59 Å². The Morgan fingerprint density at radius 1 is 0.511 bits per heavy atom. The van der Waals surface area contributed by atoms with Crippen molar-refractivity contribution in [2.75, 3.05) is 10.6 Å². The summed E-state index contributed by atoms with van der Waals surface area (Å²) < 4.78 is 36.5. The number of aromatic hydroxyl groups is 6. The lowest BCUT2D eigenvalue weighted by molar-refractivity contribution is 0.101. The van der Waals surface area contributed by atoms with Crippen LogP contribution in [0.25, 0.3) is 21.5 Å². The maximum atomic E-state index is 13.5. The number of amides is 2. The van der Waals surface area contributed by atoms with Crippen LogP contribution < -0.4 is 10.6 Å². The highest BCUT2D eigenvalue weighted by Crippen LogP contribution is 2.38. The van der Waals surface area contributed by atoms with Gasteiger partial charge in [0.1, 0.15) is 11.5 Å². The number of nitrogens with one attached hydrogen (secondary N) is 2. The largest absolute Gasteiger partial charge is 0.506 e. The average Bonchev–Trinajstić information content (AvgIpc) is 3.46. The van der Waals surface area contributed by atoms with Crippen molar-refractivity contribution in [2.24, 2.45) is 0 Å². The van der Waals surface area contributed by atoms with E-state index in [0.717, 1.165) is 36.4 Å². The molecular weight excluding hydrogens is 612 g/mol. The van der Waals surface area contributed by atoms with Crippen LogP contribution in [0.15, 0.2) is 91.4 Å². The van der Waals surface area contributed by atoms with Crippen LogP contribution in [0, 0.1) is 0 Å². The van der Waals surface area contributed by atoms with Crippen molar-refractivity contribution in [1.82, 2.24) is 0 Å². The molecule has 6 aromatic rings. The summed E-state index contributed by atoms with van der Waals surface area (Å²) in [6.45, 7) is 0. The number of hydrogen-bond acceptors (Lipinski definition) is 12. The lowest BCUT2D eigenvalue weighted by atomic mass is 10.1. The van der Waals surface area contributed by atoms with Gasteiger partial charge in [-0.25, -0.2) is 8.42 Å². The number of fused-ring (bicyclic) bond motifs is 2. The number of phenols is 2. The van der Waals surface area contributed by atoms with Crippen LogP contribution in [0.1, 0.15) is 20.7 Å². The van der Waals surface area contributed by atoms with E-state index in [-0.39, 0.29) is 53.8 Å². The predicted molar refractivity (Wildman–Crippen MR) is 157 cm³/mol. The molecule has 8 N–H and O–H groups in total. The highest BCUT2D eigenvalue weighted by Gasteiger charge is 2.23. The molecule has 228 valence electrons. The van der Waals surface area contributed by atoms with Gasteiger partial charge in [-0.2, -0.15) is 0 Å². The van der Waals surface area contributed by atoms with Crippen molar-refractivity contribution in [1.29, 1.82) is 0 Å². The van der Waals surface area contributed by atoms with Gasteiger partial charge in [-0.05, 0) is 72.8 Å². The third-order valence-corrected chi connectivity index (χ3v) is 8.67. The molecule has 0 radical (unpaired) electrons. The number of hydrogen-bond donors (Lipinski definition) is 8. The molecule has 0 saturated carbocycles. The molecule has 0 fully saturated rings. The first-order chi connectivity index (χ1) is 21.3. The monoisotopic (exact) mass is 632 g/mol. The summed E-state index contributed by atoms with van der Waals surface area (Å²) in [5.41, 5.74) is -0.554. The fraction of sp³-hybridized carbons (Fsp3) is 0. The van der Waals surface area contributed by atoms with Crippen LogP contribution in [0.5, 0.6) is 35.3 Å². The maximum Gasteiger partial charge on any atom is 0.293 e.